The van der Waals surface area contributed by atoms with Crippen molar-refractivity contribution >= 4 is 28.4 Å². The summed E-state index contributed by atoms with van der Waals surface area (Å²) >= 11 is 6.01. The third-order valence-electron chi connectivity index (χ3n) is 3.90. The van der Waals surface area contributed by atoms with Crippen molar-refractivity contribution in [1.29, 1.82) is 0 Å². The van der Waals surface area contributed by atoms with Crippen LogP contribution in [0.25, 0.3) is 10.9 Å². The molecule has 0 bridgehead atoms. The van der Waals surface area contributed by atoms with Gasteiger partial charge in [-0.05, 0) is 19.1 Å². The Morgan fingerprint density at radius 1 is 1.33 bits per heavy atom. The van der Waals surface area contributed by atoms with Gasteiger partial charge < -0.3 is 14.5 Å². The smallest absolute Gasteiger partial charge is 0.275 e. The van der Waals surface area contributed by atoms with Gasteiger partial charge in [0.2, 0.25) is 0 Å². The second-order valence-electron chi connectivity index (χ2n) is 5.48. The lowest BCUT2D eigenvalue weighted by Crippen LogP contribution is -2.31. The number of carbonyl (C=O) groups excluding carboxylic acids is 1. The number of pyridine rings is 1. The molecule has 0 aromatic carbocycles. The molecule has 0 radical (unpaired) electrons. The number of aromatic nitrogens is 4. The second kappa shape index (κ2) is 6.52. The highest BCUT2D eigenvalue weighted by Crippen LogP contribution is 2.13. The van der Waals surface area contributed by atoms with Gasteiger partial charge in [0.05, 0.1) is 5.02 Å². The number of carbonyl (C=O) groups is 1. The Bertz CT molecular complexity index is 953. The minimum absolute atomic E-state index is 0.0810. The largest absolute Gasteiger partial charge is 0.349 e. The van der Waals surface area contributed by atoms with Gasteiger partial charge in [0.15, 0.2) is 5.69 Å². The summed E-state index contributed by atoms with van der Waals surface area (Å²) in [6, 6.07) is 3.78. The second-order valence-corrected chi connectivity index (χ2v) is 5.89. The summed E-state index contributed by atoms with van der Waals surface area (Å²) in [7, 11) is 1.84. The Labute approximate surface area is 143 Å². The van der Waals surface area contributed by atoms with E-state index in [1.54, 1.807) is 26.2 Å². The first-order chi connectivity index (χ1) is 11.5. The average molecular weight is 348 g/mol. The van der Waals surface area contributed by atoms with Gasteiger partial charge in [0.1, 0.15) is 5.52 Å². The fourth-order valence-corrected chi connectivity index (χ4v) is 2.83. The Morgan fingerprint density at radius 3 is 2.79 bits per heavy atom. The fraction of sp³-hybridized carbons (Fsp3) is 0.312. The summed E-state index contributed by atoms with van der Waals surface area (Å²) in [6.07, 6.45) is 5.20. The van der Waals surface area contributed by atoms with Crippen LogP contribution in [0.5, 0.6) is 0 Å². The van der Waals surface area contributed by atoms with E-state index < -0.39 is 0 Å². The predicted molar refractivity (Wildman–Crippen MR) is 92.4 cm³/mol. The summed E-state index contributed by atoms with van der Waals surface area (Å²) in [5.41, 5.74) is 0.764. The number of nitrogens with one attached hydrogen (secondary N) is 1. The van der Waals surface area contributed by atoms with Gasteiger partial charge in [0.25, 0.3) is 11.5 Å². The molecule has 3 rings (SSSR count). The quantitative estimate of drug-likeness (QED) is 0.762. The van der Waals surface area contributed by atoms with Crippen molar-refractivity contribution in [2.24, 2.45) is 7.05 Å². The molecule has 0 unspecified atom stereocenters. The number of rotatable bonds is 5. The zero-order chi connectivity index (χ0) is 17.3. The molecule has 7 nitrogen and oxygen atoms in total. The molecule has 0 saturated carbocycles. The van der Waals surface area contributed by atoms with E-state index in [1.807, 2.05) is 32.3 Å². The number of aryl methyl sites for hydroxylation is 2. The molecule has 0 saturated heterocycles. The Morgan fingerprint density at radius 2 is 2.08 bits per heavy atom. The average Bonchev–Trinajstić information content (AvgIpc) is 3.13. The summed E-state index contributed by atoms with van der Waals surface area (Å²) in [4.78, 5) is 24.6. The fourth-order valence-electron chi connectivity index (χ4n) is 2.59. The molecule has 0 aliphatic rings. The number of halogens is 1. The highest BCUT2D eigenvalue weighted by atomic mass is 35.5. The van der Waals surface area contributed by atoms with Crippen LogP contribution in [0.15, 0.2) is 35.5 Å². The van der Waals surface area contributed by atoms with Crippen LogP contribution in [0.4, 0.5) is 0 Å². The van der Waals surface area contributed by atoms with Crippen molar-refractivity contribution in [3.8, 4) is 0 Å². The van der Waals surface area contributed by atoms with Gasteiger partial charge in [-0.25, -0.2) is 0 Å². The standard InChI is InChI=1S/C16H18ClN5O2/c1-3-22-10-12(17)13(19-22)15(23)18-6-9-21-8-5-11-4-7-20(2)14(11)16(21)24/h4-5,7-8,10H,3,6,9H2,1-2H3,(H,18,23). The summed E-state index contributed by atoms with van der Waals surface area (Å²) in [5.74, 6) is -0.347. The van der Waals surface area contributed by atoms with Gasteiger partial charge in [-0.3, -0.25) is 14.3 Å². The highest BCUT2D eigenvalue weighted by Gasteiger charge is 2.15. The van der Waals surface area contributed by atoms with E-state index in [-0.39, 0.29) is 17.2 Å². The van der Waals surface area contributed by atoms with Crippen molar-refractivity contribution in [2.45, 2.75) is 20.0 Å². The van der Waals surface area contributed by atoms with E-state index >= 15 is 0 Å². The molecule has 3 aromatic rings. The van der Waals surface area contributed by atoms with Crippen molar-refractivity contribution in [2.75, 3.05) is 6.54 Å². The molecule has 0 atom stereocenters. The lowest BCUT2D eigenvalue weighted by Gasteiger charge is -2.08. The monoisotopic (exact) mass is 347 g/mol. The SMILES string of the molecule is CCn1cc(Cl)c(C(=O)NCCn2ccc3ccn(C)c3c2=O)n1. The number of nitrogens with zero attached hydrogens (tertiary/aromatic N) is 4. The predicted octanol–water partition coefficient (Wildman–Crippen LogP) is 1.64. The van der Waals surface area contributed by atoms with Crippen molar-refractivity contribution in [3.05, 3.63) is 51.8 Å². The van der Waals surface area contributed by atoms with Crippen LogP contribution in [0.2, 0.25) is 5.02 Å². The Balaban J connectivity index is 1.69. The van der Waals surface area contributed by atoms with Crippen LogP contribution in [0.3, 0.4) is 0 Å². The first-order valence-corrected chi connectivity index (χ1v) is 8.04. The van der Waals surface area contributed by atoms with Crippen LogP contribution < -0.4 is 10.9 Å². The van der Waals surface area contributed by atoms with Crippen molar-refractivity contribution in [1.82, 2.24) is 24.2 Å². The summed E-state index contributed by atoms with van der Waals surface area (Å²) in [5, 5.41) is 8.08. The van der Waals surface area contributed by atoms with Crippen LogP contribution >= 0.6 is 11.6 Å². The van der Waals surface area contributed by atoms with Crippen molar-refractivity contribution < 1.29 is 4.79 Å². The van der Waals surface area contributed by atoms with Crippen molar-refractivity contribution in [3.63, 3.8) is 0 Å². The zero-order valence-electron chi connectivity index (χ0n) is 13.5. The zero-order valence-corrected chi connectivity index (χ0v) is 14.2. The van der Waals surface area contributed by atoms with E-state index in [1.165, 1.54) is 0 Å². The van der Waals surface area contributed by atoms with E-state index in [4.69, 9.17) is 11.6 Å². The number of amides is 1. The maximum atomic E-state index is 12.4. The van der Waals surface area contributed by atoms with E-state index in [0.29, 0.717) is 30.2 Å². The van der Waals surface area contributed by atoms with Crippen LogP contribution in [0, 0.1) is 0 Å². The highest BCUT2D eigenvalue weighted by molar-refractivity contribution is 6.33. The minimum atomic E-state index is -0.347. The lowest BCUT2D eigenvalue weighted by atomic mass is 10.3. The lowest BCUT2D eigenvalue weighted by molar-refractivity contribution is 0.0946. The summed E-state index contributed by atoms with van der Waals surface area (Å²) < 4.78 is 4.98. The molecule has 0 aliphatic heterocycles. The molecule has 1 amide bonds. The third-order valence-corrected chi connectivity index (χ3v) is 4.17. The Hall–Kier alpha value is -2.54. The molecule has 8 heteroatoms. The topological polar surface area (TPSA) is 73.8 Å². The first kappa shape index (κ1) is 16.3. The molecular formula is C16H18ClN5O2. The minimum Gasteiger partial charge on any atom is -0.349 e. The molecule has 24 heavy (non-hydrogen) atoms. The van der Waals surface area contributed by atoms with Gasteiger partial charge in [-0.15, -0.1) is 0 Å². The van der Waals surface area contributed by atoms with Crippen LogP contribution in [-0.4, -0.2) is 31.4 Å². The molecular weight excluding hydrogens is 330 g/mol. The van der Waals surface area contributed by atoms with E-state index in [2.05, 4.69) is 10.4 Å². The van der Waals surface area contributed by atoms with E-state index in [0.717, 1.165) is 5.39 Å². The molecule has 0 fully saturated rings. The molecule has 0 spiro atoms. The van der Waals surface area contributed by atoms with Crippen LogP contribution in [-0.2, 0) is 20.1 Å². The molecule has 126 valence electrons. The number of fused-ring (bicyclic) bond motifs is 1. The molecule has 3 heterocycles. The molecule has 1 N–H and O–H groups in total. The number of hydrogen-bond donors (Lipinski definition) is 1. The van der Waals surface area contributed by atoms with Gasteiger partial charge >= 0.3 is 0 Å². The maximum Gasteiger partial charge on any atom is 0.275 e. The third kappa shape index (κ3) is 2.94. The van der Waals surface area contributed by atoms with Gasteiger partial charge in [0, 0.05) is 50.7 Å². The summed E-state index contributed by atoms with van der Waals surface area (Å²) in [6.45, 7) is 3.23. The maximum absolute atomic E-state index is 12.4. The van der Waals surface area contributed by atoms with Crippen LogP contribution in [0.1, 0.15) is 17.4 Å². The molecule has 0 aliphatic carbocycles. The first-order valence-electron chi connectivity index (χ1n) is 7.67. The molecule has 3 aromatic heterocycles. The van der Waals surface area contributed by atoms with E-state index in [9.17, 15) is 9.59 Å². The number of hydrogen-bond acceptors (Lipinski definition) is 3. The Kier molecular flexibility index (Phi) is 4.44. The normalized spacial score (nSPS) is 11.1. The van der Waals surface area contributed by atoms with Gasteiger partial charge in [-0.2, -0.15) is 5.10 Å². The van der Waals surface area contributed by atoms with Gasteiger partial charge in [-0.1, -0.05) is 11.6 Å².